The van der Waals surface area contributed by atoms with Gasteiger partial charge in [0, 0.05) is 36.2 Å². The van der Waals surface area contributed by atoms with Gasteiger partial charge in [-0.3, -0.25) is 0 Å². The zero-order valence-electron chi connectivity index (χ0n) is 9.96. The van der Waals surface area contributed by atoms with E-state index in [2.05, 4.69) is 48.1 Å². The van der Waals surface area contributed by atoms with E-state index in [1.54, 1.807) is 0 Å². The number of aryl methyl sites for hydroxylation is 2. The van der Waals surface area contributed by atoms with Crippen LogP contribution in [0.1, 0.15) is 24.1 Å². The first-order chi connectivity index (χ1) is 7.74. The van der Waals surface area contributed by atoms with Crippen LogP contribution in [0.4, 0.5) is 0 Å². The molecule has 1 aromatic heterocycles. The van der Waals surface area contributed by atoms with E-state index in [0.29, 0.717) is 0 Å². The summed E-state index contributed by atoms with van der Waals surface area (Å²) in [7, 11) is 2.15. The molecule has 1 heterocycles. The lowest BCUT2D eigenvalue weighted by atomic mass is 10.2. The van der Waals surface area contributed by atoms with Crippen molar-refractivity contribution in [1.29, 1.82) is 0 Å². The SMILES string of the molecule is Cc1ccc2c(c1)cc(CNC1CC1)n2C. The van der Waals surface area contributed by atoms with Crippen LogP contribution in [0.2, 0.25) is 0 Å². The van der Waals surface area contributed by atoms with Crippen LogP contribution < -0.4 is 5.32 Å². The molecule has 16 heavy (non-hydrogen) atoms. The van der Waals surface area contributed by atoms with Gasteiger partial charge in [0.25, 0.3) is 0 Å². The molecule has 1 N–H and O–H groups in total. The first kappa shape index (κ1) is 9.91. The molecule has 0 unspecified atom stereocenters. The summed E-state index contributed by atoms with van der Waals surface area (Å²) in [6.07, 6.45) is 2.70. The lowest BCUT2D eigenvalue weighted by Gasteiger charge is -2.05. The number of rotatable bonds is 3. The van der Waals surface area contributed by atoms with Crippen LogP contribution >= 0.6 is 0 Å². The maximum atomic E-state index is 3.57. The minimum absolute atomic E-state index is 0.778. The third-order valence-electron chi connectivity index (χ3n) is 3.45. The number of aromatic nitrogens is 1. The first-order valence-electron chi connectivity index (χ1n) is 6.02. The predicted octanol–water partition coefficient (Wildman–Crippen LogP) is 2.74. The quantitative estimate of drug-likeness (QED) is 0.831. The molecule has 1 saturated carbocycles. The number of nitrogens with one attached hydrogen (secondary N) is 1. The summed E-state index contributed by atoms with van der Waals surface area (Å²) in [4.78, 5) is 0. The van der Waals surface area contributed by atoms with Gasteiger partial charge in [0.2, 0.25) is 0 Å². The molecule has 0 atom stereocenters. The minimum Gasteiger partial charge on any atom is -0.346 e. The van der Waals surface area contributed by atoms with E-state index in [4.69, 9.17) is 0 Å². The highest BCUT2D eigenvalue weighted by atomic mass is 15.0. The largest absolute Gasteiger partial charge is 0.346 e. The molecule has 0 radical (unpaired) electrons. The minimum atomic E-state index is 0.778. The maximum absolute atomic E-state index is 3.57. The molecule has 1 fully saturated rings. The summed E-state index contributed by atoms with van der Waals surface area (Å²) in [6.45, 7) is 3.14. The number of fused-ring (bicyclic) bond motifs is 1. The van der Waals surface area contributed by atoms with Crippen molar-refractivity contribution in [3.8, 4) is 0 Å². The predicted molar refractivity (Wildman–Crippen MR) is 67.5 cm³/mol. The van der Waals surface area contributed by atoms with Crippen molar-refractivity contribution < 1.29 is 0 Å². The highest BCUT2D eigenvalue weighted by Crippen LogP contribution is 2.22. The zero-order chi connectivity index (χ0) is 11.1. The number of nitrogens with zero attached hydrogens (tertiary/aromatic N) is 1. The molecule has 1 aliphatic rings. The van der Waals surface area contributed by atoms with Crippen molar-refractivity contribution in [2.75, 3.05) is 0 Å². The molecule has 2 aromatic rings. The Morgan fingerprint density at radius 3 is 2.88 bits per heavy atom. The molecule has 0 spiro atoms. The summed E-state index contributed by atoms with van der Waals surface area (Å²) in [5.41, 5.74) is 4.05. The Morgan fingerprint density at radius 1 is 1.31 bits per heavy atom. The molecule has 2 heteroatoms. The Bertz CT molecular complexity index is 521. The number of hydrogen-bond acceptors (Lipinski definition) is 1. The van der Waals surface area contributed by atoms with Crippen molar-refractivity contribution in [1.82, 2.24) is 9.88 Å². The molecule has 3 rings (SSSR count). The lowest BCUT2D eigenvalue weighted by molar-refractivity contribution is 0.655. The van der Waals surface area contributed by atoms with E-state index in [1.807, 2.05) is 0 Å². The molecule has 0 aliphatic heterocycles. The molecular weight excluding hydrogens is 196 g/mol. The smallest absolute Gasteiger partial charge is 0.0480 e. The highest BCUT2D eigenvalue weighted by molar-refractivity contribution is 5.82. The van der Waals surface area contributed by atoms with Gasteiger partial charge in [-0.2, -0.15) is 0 Å². The van der Waals surface area contributed by atoms with Crippen LogP contribution in [0.15, 0.2) is 24.3 Å². The molecule has 84 valence electrons. The molecule has 1 aromatic carbocycles. The van der Waals surface area contributed by atoms with E-state index in [1.165, 1.54) is 35.0 Å². The standard InChI is InChI=1S/C14H18N2/c1-10-3-6-14-11(7-10)8-13(16(14)2)9-15-12-4-5-12/h3,6-8,12,15H,4-5,9H2,1-2H3. The molecule has 0 saturated heterocycles. The monoisotopic (exact) mass is 214 g/mol. The van der Waals surface area contributed by atoms with Crippen LogP contribution in [0.3, 0.4) is 0 Å². The summed E-state index contributed by atoms with van der Waals surface area (Å²) in [6, 6.07) is 9.74. The second-order valence-electron chi connectivity index (χ2n) is 4.91. The van der Waals surface area contributed by atoms with Crippen LogP contribution in [0.25, 0.3) is 10.9 Å². The van der Waals surface area contributed by atoms with Crippen molar-refractivity contribution in [3.05, 3.63) is 35.5 Å². The van der Waals surface area contributed by atoms with E-state index < -0.39 is 0 Å². The number of hydrogen-bond donors (Lipinski definition) is 1. The third-order valence-corrected chi connectivity index (χ3v) is 3.45. The molecule has 0 amide bonds. The van der Waals surface area contributed by atoms with E-state index in [-0.39, 0.29) is 0 Å². The Morgan fingerprint density at radius 2 is 2.12 bits per heavy atom. The lowest BCUT2D eigenvalue weighted by Crippen LogP contribution is -2.17. The van der Waals surface area contributed by atoms with Crippen molar-refractivity contribution in [2.45, 2.75) is 32.4 Å². The second-order valence-corrected chi connectivity index (χ2v) is 4.91. The topological polar surface area (TPSA) is 17.0 Å². The normalized spacial score (nSPS) is 15.9. The first-order valence-corrected chi connectivity index (χ1v) is 6.02. The van der Waals surface area contributed by atoms with Crippen molar-refractivity contribution in [3.63, 3.8) is 0 Å². The molecule has 2 nitrogen and oxygen atoms in total. The highest BCUT2D eigenvalue weighted by Gasteiger charge is 2.20. The van der Waals surface area contributed by atoms with Gasteiger partial charge < -0.3 is 9.88 Å². The van der Waals surface area contributed by atoms with Crippen LogP contribution in [-0.4, -0.2) is 10.6 Å². The van der Waals surface area contributed by atoms with Gasteiger partial charge in [0.1, 0.15) is 0 Å². The van der Waals surface area contributed by atoms with Crippen molar-refractivity contribution >= 4 is 10.9 Å². The fourth-order valence-corrected chi connectivity index (χ4v) is 2.23. The van der Waals surface area contributed by atoms with Gasteiger partial charge in [-0.25, -0.2) is 0 Å². The van der Waals surface area contributed by atoms with Gasteiger partial charge >= 0.3 is 0 Å². The van der Waals surface area contributed by atoms with E-state index in [0.717, 1.165) is 12.6 Å². The Kier molecular flexibility index (Phi) is 2.25. The zero-order valence-corrected chi connectivity index (χ0v) is 9.96. The molecular formula is C14H18N2. The summed E-state index contributed by atoms with van der Waals surface area (Å²) in [5.74, 6) is 0. The van der Waals surface area contributed by atoms with Crippen molar-refractivity contribution in [2.24, 2.45) is 7.05 Å². The second kappa shape index (κ2) is 3.63. The summed E-state index contributed by atoms with van der Waals surface area (Å²) in [5, 5.41) is 4.93. The van der Waals surface area contributed by atoms with Gasteiger partial charge in [0.05, 0.1) is 0 Å². The average molecular weight is 214 g/mol. The Labute approximate surface area is 96.3 Å². The fourth-order valence-electron chi connectivity index (χ4n) is 2.23. The fraction of sp³-hybridized carbons (Fsp3) is 0.429. The van der Waals surface area contributed by atoms with E-state index >= 15 is 0 Å². The maximum Gasteiger partial charge on any atom is 0.0480 e. The molecule has 0 bridgehead atoms. The Hall–Kier alpha value is -1.28. The van der Waals surface area contributed by atoms with E-state index in [9.17, 15) is 0 Å². The average Bonchev–Trinajstić information content (AvgIpc) is 3.03. The summed E-state index contributed by atoms with van der Waals surface area (Å²) < 4.78 is 2.30. The van der Waals surface area contributed by atoms with Gasteiger partial charge in [0.15, 0.2) is 0 Å². The van der Waals surface area contributed by atoms with Gasteiger partial charge in [-0.1, -0.05) is 11.6 Å². The number of benzene rings is 1. The van der Waals surface area contributed by atoms with Gasteiger partial charge in [-0.15, -0.1) is 0 Å². The Balaban J connectivity index is 1.94. The molecule has 1 aliphatic carbocycles. The van der Waals surface area contributed by atoms with Crippen LogP contribution in [-0.2, 0) is 13.6 Å². The van der Waals surface area contributed by atoms with Crippen LogP contribution in [0, 0.1) is 6.92 Å². The van der Waals surface area contributed by atoms with Crippen LogP contribution in [0.5, 0.6) is 0 Å². The third kappa shape index (κ3) is 1.74. The van der Waals surface area contributed by atoms with Gasteiger partial charge in [-0.05, 0) is 38.0 Å². The summed E-state index contributed by atoms with van der Waals surface area (Å²) >= 11 is 0.